The number of carbonyl (C=O) groups is 1. The fraction of sp³-hybridized carbons (Fsp3) is 0.250. The summed E-state index contributed by atoms with van der Waals surface area (Å²) >= 11 is 1.52. The zero-order valence-electron chi connectivity index (χ0n) is 15.4. The number of Topliss-reactive ketones (excluding diaryl/α,β-unsaturated/α-hetero) is 1. The van der Waals surface area contributed by atoms with E-state index in [0.717, 1.165) is 16.5 Å². The zero-order valence-corrected chi connectivity index (χ0v) is 16.2. The molecule has 0 bridgehead atoms. The molecular weight excluding hydrogens is 362 g/mol. The number of hydrogen-bond acceptors (Lipinski definition) is 6. The molecule has 0 radical (unpaired) electrons. The molecular formula is C20H19N3O3S. The normalized spacial score (nSPS) is 10.4. The molecule has 2 aromatic heterocycles. The van der Waals surface area contributed by atoms with Crippen LogP contribution in [0.25, 0.3) is 5.13 Å². The second-order valence-corrected chi connectivity index (χ2v) is 6.73. The number of rotatable bonds is 7. The third-order valence-electron chi connectivity index (χ3n) is 4.07. The van der Waals surface area contributed by atoms with E-state index >= 15 is 0 Å². The Morgan fingerprint density at radius 3 is 2.74 bits per heavy atom. The van der Waals surface area contributed by atoms with Gasteiger partial charge in [-0.3, -0.25) is 9.36 Å². The molecule has 6 nitrogen and oxygen atoms in total. The van der Waals surface area contributed by atoms with Gasteiger partial charge in [0.15, 0.2) is 23.2 Å². The average molecular weight is 381 g/mol. The molecule has 0 amide bonds. The summed E-state index contributed by atoms with van der Waals surface area (Å²) in [6.45, 7) is 6.01. The molecule has 138 valence electrons. The first-order chi connectivity index (χ1) is 13.0. The van der Waals surface area contributed by atoms with Crippen LogP contribution in [0.4, 0.5) is 0 Å². The number of hydrogen-bond donors (Lipinski definition) is 0. The molecule has 0 saturated heterocycles. The van der Waals surface area contributed by atoms with Crippen LogP contribution >= 0.6 is 11.3 Å². The largest absolute Gasteiger partial charge is 0.490 e. The van der Waals surface area contributed by atoms with Crippen molar-refractivity contribution in [3.63, 3.8) is 0 Å². The third-order valence-corrected chi connectivity index (χ3v) is 4.83. The first-order valence-electron chi connectivity index (χ1n) is 8.47. The van der Waals surface area contributed by atoms with Crippen LogP contribution in [0.2, 0.25) is 0 Å². The summed E-state index contributed by atoms with van der Waals surface area (Å²) in [5, 5.41) is 11.7. The first kappa shape index (κ1) is 18.7. The number of ketones is 1. The number of carbonyl (C=O) groups excluding carboxylic acids is 1. The number of ether oxygens (including phenoxy) is 2. The van der Waals surface area contributed by atoms with Gasteiger partial charge in [0, 0.05) is 34.6 Å². The minimum absolute atomic E-state index is 0.117. The third kappa shape index (κ3) is 3.86. The maximum absolute atomic E-state index is 12.7. The maximum atomic E-state index is 12.7. The number of aryl methyl sites for hydroxylation is 1. The molecule has 0 aliphatic carbocycles. The van der Waals surface area contributed by atoms with Gasteiger partial charge in [-0.15, -0.1) is 11.3 Å². The molecule has 0 aliphatic heterocycles. The molecule has 0 atom stereocenters. The molecule has 0 aliphatic rings. The minimum Gasteiger partial charge on any atom is -0.490 e. The second kappa shape index (κ2) is 8.06. The van der Waals surface area contributed by atoms with E-state index in [4.69, 9.17) is 14.7 Å². The number of benzene rings is 1. The Morgan fingerprint density at radius 1 is 1.26 bits per heavy atom. The van der Waals surface area contributed by atoms with Gasteiger partial charge < -0.3 is 9.47 Å². The van der Waals surface area contributed by atoms with E-state index in [1.807, 2.05) is 36.8 Å². The number of nitriles is 1. The van der Waals surface area contributed by atoms with Crippen molar-refractivity contribution in [1.29, 1.82) is 5.26 Å². The van der Waals surface area contributed by atoms with Crippen LogP contribution in [0.5, 0.6) is 11.5 Å². The molecule has 3 aromatic rings. The topological polar surface area (TPSA) is 77.1 Å². The quantitative estimate of drug-likeness (QED) is 0.576. The lowest BCUT2D eigenvalue weighted by atomic mass is 10.1. The molecule has 7 heteroatoms. The van der Waals surface area contributed by atoms with Crippen LogP contribution in [0.15, 0.2) is 35.8 Å². The number of nitrogens with zero attached hydrogens (tertiary/aromatic N) is 3. The predicted octanol–water partition coefficient (Wildman–Crippen LogP) is 4.08. The lowest BCUT2D eigenvalue weighted by Gasteiger charge is -2.12. The van der Waals surface area contributed by atoms with Crippen LogP contribution in [-0.2, 0) is 0 Å². The molecule has 0 saturated carbocycles. The Labute approximate surface area is 161 Å². The Bertz CT molecular complexity index is 1000. The van der Waals surface area contributed by atoms with Crippen molar-refractivity contribution < 1.29 is 14.3 Å². The Kier molecular flexibility index (Phi) is 5.57. The summed E-state index contributed by atoms with van der Waals surface area (Å²) in [5.74, 6) is 0.772. The van der Waals surface area contributed by atoms with Crippen LogP contribution in [-0.4, -0.2) is 28.5 Å². The van der Waals surface area contributed by atoms with Gasteiger partial charge in [-0.05, 0) is 39.0 Å². The highest BCUT2D eigenvalue weighted by Crippen LogP contribution is 2.29. The minimum atomic E-state index is -0.127. The van der Waals surface area contributed by atoms with Gasteiger partial charge in [0.2, 0.25) is 5.78 Å². The Morgan fingerprint density at radius 2 is 2.07 bits per heavy atom. The Balaban J connectivity index is 1.80. The second-order valence-electron chi connectivity index (χ2n) is 5.85. The highest BCUT2D eigenvalue weighted by molar-refractivity contribution is 7.12. The van der Waals surface area contributed by atoms with E-state index in [1.165, 1.54) is 11.3 Å². The average Bonchev–Trinajstić information content (AvgIpc) is 3.28. The first-order valence-corrected chi connectivity index (χ1v) is 9.34. The van der Waals surface area contributed by atoms with E-state index in [2.05, 4.69) is 11.1 Å². The van der Waals surface area contributed by atoms with Crippen molar-refractivity contribution in [2.45, 2.75) is 20.8 Å². The van der Waals surface area contributed by atoms with E-state index < -0.39 is 0 Å². The van der Waals surface area contributed by atoms with Gasteiger partial charge in [0.25, 0.3) is 0 Å². The molecule has 3 rings (SSSR count). The van der Waals surface area contributed by atoms with E-state index in [0.29, 0.717) is 29.2 Å². The summed E-state index contributed by atoms with van der Waals surface area (Å²) in [4.78, 5) is 17.0. The summed E-state index contributed by atoms with van der Waals surface area (Å²) < 4.78 is 13.2. The Hall–Kier alpha value is -3.11. The summed E-state index contributed by atoms with van der Waals surface area (Å²) in [6.07, 6.45) is 1.74. The van der Waals surface area contributed by atoms with Gasteiger partial charge in [0.1, 0.15) is 0 Å². The maximum Gasteiger partial charge on any atom is 0.202 e. The molecule has 1 aromatic carbocycles. The number of thiazole rings is 1. The van der Waals surface area contributed by atoms with Crippen LogP contribution in [0, 0.1) is 25.2 Å². The van der Waals surface area contributed by atoms with Crippen LogP contribution in [0.3, 0.4) is 0 Å². The van der Waals surface area contributed by atoms with Crippen molar-refractivity contribution in [1.82, 2.24) is 9.55 Å². The molecule has 27 heavy (non-hydrogen) atoms. The fourth-order valence-electron chi connectivity index (χ4n) is 2.85. The molecule has 0 unspecified atom stereocenters. The van der Waals surface area contributed by atoms with Gasteiger partial charge >= 0.3 is 0 Å². The zero-order chi connectivity index (χ0) is 19.4. The van der Waals surface area contributed by atoms with Gasteiger partial charge in [-0.2, -0.15) is 5.26 Å². The van der Waals surface area contributed by atoms with Gasteiger partial charge in [0.05, 0.1) is 18.2 Å². The smallest absolute Gasteiger partial charge is 0.202 e. The molecule has 0 fully saturated rings. The van der Waals surface area contributed by atoms with Crippen LogP contribution in [0.1, 0.15) is 34.2 Å². The summed E-state index contributed by atoms with van der Waals surface area (Å²) in [6, 6.07) is 8.81. The lowest BCUT2D eigenvalue weighted by molar-refractivity contribution is 0.0918. The standard InChI is InChI=1S/C20H19N3O3S/c1-4-25-19-10-15(11-21)5-6-18(19)26-12-17(24)16-9-13(2)23(14(16)3)20-22-7-8-27-20/h5-10H,4,12H2,1-3H3. The van der Waals surface area contributed by atoms with E-state index in [9.17, 15) is 4.79 Å². The van der Waals surface area contributed by atoms with Crippen molar-refractivity contribution in [2.75, 3.05) is 13.2 Å². The molecule has 0 N–H and O–H groups in total. The van der Waals surface area contributed by atoms with Crippen LogP contribution < -0.4 is 9.47 Å². The van der Waals surface area contributed by atoms with E-state index in [-0.39, 0.29) is 12.4 Å². The van der Waals surface area contributed by atoms with Crippen molar-refractivity contribution in [2.24, 2.45) is 0 Å². The van der Waals surface area contributed by atoms with Crippen molar-refractivity contribution >= 4 is 17.1 Å². The molecule has 2 heterocycles. The van der Waals surface area contributed by atoms with E-state index in [1.54, 1.807) is 24.4 Å². The van der Waals surface area contributed by atoms with Crippen molar-refractivity contribution in [3.05, 3.63) is 58.4 Å². The fourth-order valence-corrected chi connectivity index (χ4v) is 3.60. The van der Waals surface area contributed by atoms with Crippen molar-refractivity contribution in [3.8, 4) is 22.7 Å². The molecule has 0 spiro atoms. The highest BCUT2D eigenvalue weighted by atomic mass is 32.1. The predicted molar refractivity (Wildman–Crippen MR) is 103 cm³/mol. The monoisotopic (exact) mass is 381 g/mol. The summed E-state index contributed by atoms with van der Waals surface area (Å²) in [5.41, 5.74) is 2.86. The van der Waals surface area contributed by atoms with Gasteiger partial charge in [-0.1, -0.05) is 0 Å². The lowest BCUT2D eigenvalue weighted by Crippen LogP contribution is -2.13. The highest BCUT2D eigenvalue weighted by Gasteiger charge is 2.19. The SMILES string of the molecule is CCOc1cc(C#N)ccc1OCC(=O)c1cc(C)n(-c2nccs2)c1C. The number of aromatic nitrogens is 2. The summed E-state index contributed by atoms with van der Waals surface area (Å²) in [7, 11) is 0. The van der Waals surface area contributed by atoms with Gasteiger partial charge in [-0.25, -0.2) is 4.98 Å².